The summed E-state index contributed by atoms with van der Waals surface area (Å²) in [5, 5.41) is 0.998. The molecule has 0 heterocycles. The molecule has 2 rings (SSSR count). The third-order valence-corrected chi connectivity index (χ3v) is 5.09. The second-order valence-electron chi connectivity index (χ2n) is 6.49. The van der Waals surface area contributed by atoms with Gasteiger partial charge in [0.25, 0.3) is 0 Å². The smallest absolute Gasteiger partial charge is 0.229 e. The summed E-state index contributed by atoms with van der Waals surface area (Å²) in [5.41, 5.74) is 0.840. The van der Waals surface area contributed by atoms with Crippen molar-refractivity contribution < 1.29 is 4.79 Å². The van der Waals surface area contributed by atoms with E-state index in [4.69, 9.17) is 23.2 Å². The van der Waals surface area contributed by atoms with Crippen molar-refractivity contribution in [3.8, 4) is 0 Å². The molecule has 1 aliphatic rings. The van der Waals surface area contributed by atoms with Gasteiger partial charge in [0.1, 0.15) is 0 Å². The lowest BCUT2D eigenvalue weighted by molar-refractivity contribution is -0.122. The number of likely N-dealkylation sites (N-methyl/N-ethyl adjacent to an activating group) is 1. The Balaban J connectivity index is 2.42. The SMILES string of the molecule is CC(C)C(=O)N(c1ccc(Cl)c(Cl)c1)C1CCCC1N(C)C. The lowest BCUT2D eigenvalue weighted by atomic mass is 10.0. The molecule has 0 N–H and O–H groups in total. The van der Waals surface area contributed by atoms with E-state index in [2.05, 4.69) is 19.0 Å². The van der Waals surface area contributed by atoms with Crippen LogP contribution in [-0.4, -0.2) is 37.0 Å². The summed E-state index contributed by atoms with van der Waals surface area (Å²) < 4.78 is 0. The summed E-state index contributed by atoms with van der Waals surface area (Å²) >= 11 is 12.2. The van der Waals surface area contributed by atoms with Gasteiger partial charge in [-0.05, 0) is 51.6 Å². The third-order valence-electron chi connectivity index (χ3n) is 4.35. The van der Waals surface area contributed by atoms with Gasteiger partial charge in [-0.25, -0.2) is 0 Å². The predicted molar refractivity (Wildman–Crippen MR) is 93.9 cm³/mol. The van der Waals surface area contributed by atoms with Crippen LogP contribution in [-0.2, 0) is 4.79 Å². The second-order valence-corrected chi connectivity index (χ2v) is 7.30. The van der Waals surface area contributed by atoms with Gasteiger partial charge in [0.05, 0.1) is 16.1 Å². The maximum atomic E-state index is 12.8. The largest absolute Gasteiger partial charge is 0.308 e. The Labute approximate surface area is 143 Å². The maximum absolute atomic E-state index is 12.8. The highest BCUT2D eigenvalue weighted by Gasteiger charge is 2.37. The van der Waals surface area contributed by atoms with Crippen LogP contribution < -0.4 is 4.90 Å². The Morgan fingerprint density at radius 3 is 2.32 bits per heavy atom. The number of nitrogens with zero attached hydrogens (tertiary/aromatic N) is 2. The van der Waals surface area contributed by atoms with Crippen molar-refractivity contribution >= 4 is 34.8 Å². The summed E-state index contributed by atoms with van der Waals surface area (Å²) in [6.07, 6.45) is 3.26. The van der Waals surface area contributed by atoms with Crippen molar-refractivity contribution in [1.29, 1.82) is 0 Å². The average molecular weight is 343 g/mol. The molecule has 0 bridgehead atoms. The molecule has 0 aromatic heterocycles. The first kappa shape index (κ1) is 17.6. The fourth-order valence-corrected chi connectivity index (χ4v) is 3.51. The number of amides is 1. The van der Waals surface area contributed by atoms with E-state index in [0.29, 0.717) is 16.1 Å². The van der Waals surface area contributed by atoms with Gasteiger partial charge >= 0.3 is 0 Å². The zero-order valence-electron chi connectivity index (χ0n) is 13.6. The van der Waals surface area contributed by atoms with Crippen LogP contribution in [0.3, 0.4) is 0 Å². The predicted octanol–water partition coefficient (Wildman–Crippen LogP) is 4.47. The number of carbonyl (C=O) groups excluding carboxylic acids is 1. The van der Waals surface area contributed by atoms with E-state index in [0.717, 1.165) is 24.9 Å². The molecule has 1 aromatic rings. The first-order valence-corrected chi connectivity index (χ1v) is 8.53. The highest BCUT2D eigenvalue weighted by atomic mass is 35.5. The van der Waals surface area contributed by atoms with E-state index < -0.39 is 0 Å². The van der Waals surface area contributed by atoms with Gasteiger partial charge in [-0.1, -0.05) is 37.0 Å². The number of hydrogen-bond acceptors (Lipinski definition) is 2. The highest BCUT2D eigenvalue weighted by molar-refractivity contribution is 6.42. The molecule has 5 heteroatoms. The molecule has 0 saturated heterocycles. The lowest BCUT2D eigenvalue weighted by Crippen LogP contribution is -2.50. The van der Waals surface area contributed by atoms with Gasteiger partial charge in [0, 0.05) is 17.6 Å². The van der Waals surface area contributed by atoms with Crippen LogP contribution in [0.2, 0.25) is 10.0 Å². The number of anilines is 1. The van der Waals surface area contributed by atoms with Crippen LogP contribution in [0.25, 0.3) is 0 Å². The maximum Gasteiger partial charge on any atom is 0.229 e. The number of benzene rings is 1. The van der Waals surface area contributed by atoms with Crippen molar-refractivity contribution in [1.82, 2.24) is 4.90 Å². The quantitative estimate of drug-likeness (QED) is 0.806. The van der Waals surface area contributed by atoms with E-state index in [1.807, 2.05) is 24.8 Å². The van der Waals surface area contributed by atoms with Gasteiger partial charge in [0.2, 0.25) is 5.91 Å². The van der Waals surface area contributed by atoms with Gasteiger partial charge in [-0.3, -0.25) is 4.79 Å². The molecule has 1 aliphatic carbocycles. The fraction of sp³-hybridized carbons (Fsp3) is 0.588. The Morgan fingerprint density at radius 2 is 1.77 bits per heavy atom. The summed E-state index contributed by atoms with van der Waals surface area (Å²) in [7, 11) is 4.16. The van der Waals surface area contributed by atoms with Crippen molar-refractivity contribution in [2.24, 2.45) is 5.92 Å². The number of halogens is 2. The summed E-state index contributed by atoms with van der Waals surface area (Å²) in [5.74, 6) is 0.0787. The molecular formula is C17H24Cl2N2O. The van der Waals surface area contributed by atoms with E-state index in [1.54, 1.807) is 12.1 Å². The molecule has 1 saturated carbocycles. The van der Waals surface area contributed by atoms with Gasteiger partial charge in [-0.15, -0.1) is 0 Å². The minimum Gasteiger partial charge on any atom is -0.308 e. The van der Waals surface area contributed by atoms with Crippen molar-refractivity contribution in [3.05, 3.63) is 28.2 Å². The fourth-order valence-electron chi connectivity index (χ4n) is 3.22. The first-order valence-electron chi connectivity index (χ1n) is 7.77. The monoisotopic (exact) mass is 342 g/mol. The molecule has 1 aromatic carbocycles. The molecule has 3 nitrogen and oxygen atoms in total. The molecule has 1 amide bonds. The van der Waals surface area contributed by atoms with Crippen LogP contribution >= 0.6 is 23.2 Å². The van der Waals surface area contributed by atoms with Gasteiger partial charge in [0.15, 0.2) is 0 Å². The number of rotatable bonds is 4. The average Bonchev–Trinajstić information content (AvgIpc) is 2.92. The Hall–Kier alpha value is -0.770. The van der Waals surface area contributed by atoms with E-state index in [9.17, 15) is 4.79 Å². The second kappa shape index (κ2) is 7.20. The van der Waals surface area contributed by atoms with E-state index in [1.165, 1.54) is 0 Å². The van der Waals surface area contributed by atoms with Crippen LogP contribution in [0.15, 0.2) is 18.2 Å². The van der Waals surface area contributed by atoms with Crippen LogP contribution in [0, 0.1) is 5.92 Å². The molecule has 0 aliphatic heterocycles. The summed E-state index contributed by atoms with van der Waals surface area (Å²) in [4.78, 5) is 17.0. The molecule has 2 unspecified atom stereocenters. The normalized spacial score (nSPS) is 21.6. The number of hydrogen-bond donors (Lipinski definition) is 0. The van der Waals surface area contributed by atoms with Crippen molar-refractivity contribution in [3.63, 3.8) is 0 Å². The Bertz CT molecular complexity index is 545. The van der Waals surface area contributed by atoms with Crippen LogP contribution in [0.5, 0.6) is 0 Å². The first-order chi connectivity index (χ1) is 10.3. The molecule has 0 spiro atoms. The molecule has 1 fully saturated rings. The standard InChI is InChI=1S/C17H24Cl2N2O/c1-11(2)17(22)21(12-8-9-13(18)14(19)10-12)16-7-5-6-15(16)20(3)4/h8-11,15-16H,5-7H2,1-4H3. The third kappa shape index (κ3) is 3.58. The summed E-state index contributed by atoms with van der Waals surface area (Å²) in [6, 6.07) is 6.01. The highest BCUT2D eigenvalue weighted by Crippen LogP contribution is 2.34. The zero-order valence-corrected chi connectivity index (χ0v) is 15.2. The Morgan fingerprint density at radius 1 is 1.14 bits per heavy atom. The van der Waals surface area contributed by atoms with Crippen LogP contribution in [0.1, 0.15) is 33.1 Å². The van der Waals surface area contributed by atoms with Crippen LogP contribution in [0.4, 0.5) is 5.69 Å². The lowest BCUT2D eigenvalue weighted by Gasteiger charge is -2.37. The summed E-state index contributed by atoms with van der Waals surface area (Å²) in [6.45, 7) is 3.87. The Kier molecular flexibility index (Phi) is 5.76. The van der Waals surface area contributed by atoms with E-state index >= 15 is 0 Å². The molecule has 122 valence electrons. The molecule has 2 atom stereocenters. The molecule has 0 radical (unpaired) electrons. The van der Waals surface area contributed by atoms with Gasteiger partial charge < -0.3 is 9.80 Å². The van der Waals surface area contributed by atoms with Gasteiger partial charge in [-0.2, -0.15) is 0 Å². The minimum atomic E-state index is -0.0575. The zero-order chi connectivity index (χ0) is 16.4. The molecule has 22 heavy (non-hydrogen) atoms. The topological polar surface area (TPSA) is 23.6 Å². The number of carbonyl (C=O) groups is 1. The van der Waals surface area contributed by atoms with Crippen molar-refractivity contribution in [2.75, 3.05) is 19.0 Å². The van der Waals surface area contributed by atoms with Crippen molar-refractivity contribution in [2.45, 2.75) is 45.2 Å². The molecular weight excluding hydrogens is 319 g/mol. The van der Waals surface area contributed by atoms with E-state index in [-0.39, 0.29) is 17.9 Å². The minimum absolute atomic E-state index is 0.0575.